The Morgan fingerprint density at radius 3 is 2.96 bits per heavy atom. The highest BCUT2D eigenvalue weighted by molar-refractivity contribution is 6.29. The topological polar surface area (TPSA) is 69.7 Å². The number of hydrogen-bond donors (Lipinski definition) is 1. The zero-order valence-corrected chi connectivity index (χ0v) is 13.0. The van der Waals surface area contributed by atoms with Gasteiger partial charge in [0, 0.05) is 12.3 Å². The molecule has 1 aromatic heterocycles. The molecule has 23 heavy (non-hydrogen) atoms. The summed E-state index contributed by atoms with van der Waals surface area (Å²) in [6, 6.07) is 8.80. The van der Waals surface area contributed by atoms with Crippen molar-refractivity contribution in [2.45, 2.75) is 6.42 Å². The van der Waals surface area contributed by atoms with Crippen LogP contribution in [-0.4, -0.2) is 30.8 Å². The minimum absolute atomic E-state index is 0.0941. The predicted octanol–water partition coefficient (Wildman–Crippen LogP) is 2.20. The van der Waals surface area contributed by atoms with Crippen molar-refractivity contribution in [1.29, 1.82) is 0 Å². The maximum atomic E-state index is 11.8. The van der Waals surface area contributed by atoms with E-state index in [1.807, 2.05) is 0 Å². The molecular weight excluding hydrogens is 320 g/mol. The number of carbonyl (C=O) groups excluding carboxylic acids is 1. The Balaban J connectivity index is 1.39. The van der Waals surface area contributed by atoms with E-state index in [0.717, 1.165) is 5.56 Å². The Morgan fingerprint density at radius 2 is 2.13 bits per heavy atom. The molecule has 120 valence electrons. The van der Waals surface area contributed by atoms with Crippen molar-refractivity contribution < 1.29 is 19.0 Å². The molecule has 1 amide bonds. The number of halogens is 1. The number of fused-ring (bicyclic) bond motifs is 1. The molecule has 1 aromatic carbocycles. The lowest BCUT2D eigenvalue weighted by Crippen LogP contribution is -2.29. The zero-order valence-electron chi connectivity index (χ0n) is 12.3. The molecule has 0 atom stereocenters. The van der Waals surface area contributed by atoms with Gasteiger partial charge in [0.25, 0.3) is 0 Å². The number of amides is 1. The first kappa shape index (κ1) is 15.4. The van der Waals surface area contributed by atoms with E-state index in [2.05, 4.69) is 10.3 Å². The van der Waals surface area contributed by atoms with Gasteiger partial charge in [0.1, 0.15) is 17.5 Å². The Kier molecular flexibility index (Phi) is 4.83. The number of aromatic nitrogens is 1. The first-order valence-corrected chi connectivity index (χ1v) is 7.48. The van der Waals surface area contributed by atoms with E-state index in [9.17, 15) is 4.79 Å². The van der Waals surface area contributed by atoms with Gasteiger partial charge in [-0.3, -0.25) is 4.79 Å². The Hall–Kier alpha value is -2.47. The Morgan fingerprint density at radius 1 is 1.26 bits per heavy atom. The molecule has 3 rings (SSSR count). The summed E-state index contributed by atoms with van der Waals surface area (Å²) >= 11 is 5.70. The molecule has 0 unspecified atom stereocenters. The number of carbonyl (C=O) groups is 1. The van der Waals surface area contributed by atoms with Gasteiger partial charge in [-0.2, -0.15) is 0 Å². The fraction of sp³-hybridized carbons (Fsp3) is 0.250. The molecule has 2 aromatic rings. The van der Waals surface area contributed by atoms with Gasteiger partial charge in [0.05, 0.1) is 13.0 Å². The molecule has 1 aliphatic rings. The number of rotatable bonds is 6. The highest BCUT2D eigenvalue weighted by atomic mass is 35.5. The summed E-state index contributed by atoms with van der Waals surface area (Å²) in [5.74, 6) is 1.96. The summed E-state index contributed by atoms with van der Waals surface area (Å²) < 4.78 is 16.1. The molecule has 0 radical (unpaired) electrons. The molecule has 0 bridgehead atoms. The van der Waals surface area contributed by atoms with E-state index in [-0.39, 0.29) is 19.1 Å². The fourth-order valence-corrected chi connectivity index (χ4v) is 2.20. The lowest BCUT2D eigenvalue weighted by molar-refractivity contribution is -0.120. The third-order valence-corrected chi connectivity index (χ3v) is 3.41. The predicted molar refractivity (Wildman–Crippen MR) is 84.0 cm³/mol. The second-order valence-corrected chi connectivity index (χ2v) is 5.27. The molecule has 1 N–H and O–H groups in total. The van der Waals surface area contributed by atoms with Gasteiger partial charge in [0.2, 0.25) is 12.7 Å². The van der Waals surface area contributed by atoms with Crippen molar-refractivity contribution in [3.8, 4) is 17.2 Å². The van der Waals surface area contributed by atoms with E-state index in [1.165, 1.54) is 0 Å². The SMILES string of the molecule is O=C(Cc1ccc(Cl)nc1)NCCOc1ccc2c(c1)OCO2. The minimum atomic E-state index is -0.0941. The van der Waals surface area contributed by atoms with E-state index >= 15 is 0 Å². The van der Waals surface area contributed by atoms with Gasteiger partial charge in [-0.05, 0) is 23.8 Å². The van der Waals surface area contributed by atoms with Crippen LogP contribution in [0.2, 0.25) is 5.15 Å². The number of hydrogen-bond acceptors (Lipinski definition) is 5. The van der Waals surface area contributed by atoms with Crippen LogP contribution in [0.5, 0.6) is 17.2 Å². The third-order valence-electron chi connectivity index (χ3n) is 3.19. The smallest absolute Gasteiger partial charge is 0.231 e. The number of benzene rings is 1. The summed E-state index contributed by atoms with van der Waals surface area (Å²) in [6.45, 7) is 1.01. The highest BCUT2D eigenvalue weighted by Gasteiger charge is 2.13. The second kappa shape index (κ2) is 7.19. The first-order chi connectivity index (χ1) is 11.2. The lowest BCUT2D eigenvalue weighted by Gasteiger charge is -2.08. The summed E-state index contributed by atoms with van der Waals surface area (Å²) in [4.78, 5) is 15.7. The van der Waals surface area contributed by atoms with Gasteiger partial charge in [-0.1, -0.05) is 17.7 Å². The molecule has 0 spiro atoms. The van der Waals surface area contributed by atoms with Crippen LogP contribution in [0.3, 0.4) is 0 Å². The summed E-state index contributed by atoms with van der Waals surface area (Å²) in [6.07, 6.45) is 1.85. The summed E-state index contributed by atoms with van der Waals surface area (Å²) in [5.41, 5.74) is 0.809. The molecule has 2 heterocycles. The largest absolute Gasteiger partial charge is 0.492 e. The van der Waals surface area contributed by atoms with Crippen LogP contribution in [0.15, 0.2) is 36.5 Å². The highest BCUT2D eigenvalue weighted by Crippen LogP contribution is 2.34. The third kappa shape index (κ3) is 4.26. The molecule has 0 aliphatic carbocycles. The first-order valence-electron chi connectivity index (χ1n) is 7.10. The van der Waals surface area contributed by atoms with E-state index < -0.39 is 0 Å². The average Bonchev–Trinajstić information content (AvgIpc) is 3.01. The van der Waals surface area contributed by atoms with Crippen molar-refractivity contribution in [3.63, 3.8) is 0 Å². The van der Waals surface area contributed by atoms with Crippen LogP contribution in [0.1, 0.15) is 5.56 Å². The van der Waals surface area contributed by atoms with Crippen molar-refractivity contribution in [2.75, 3.05) is 19.9 Å². The van der Waals surface area contributed by atoms with Gasteiger partial charge < -0.3 is 19.5 Å². The van der Waals surface area contributed by atoms with Crippen LogP contribution in [0, 0.1) is 0 Å². The van der Waals surface area contributed by atoms with E-state index in [1.54, 1.807) is 36.5 Å². The van der Waals surface area contributed by atoms with Gasteiger partial charge in [-0.25, -0.2) is 4.98 Å². The number of nitrogens with one attached hydrogen (secondary N) is 1. The summed E-state index contributed by atoms with van der Waals surface area (Å²) in [7, 11) is 0. The average molecular weight is 335 g/mol. The van der Waals surface area contributed by atoms with Crippen LogP contribution in [0.4, 0.5) is 0 Å². The van der Waals surface area contributed by atoms with Crippen molar-refractivity contribution >= 4 is 17.5 Å². The maximum absolute atomic E-state index is 11.8. The number of nitrogens with zero attached hydrogens (tertiary/aromatic N) is 1. The van der Waals surface area contributed by atoms with Crippen LogP contribution in [0.25, 0.3) is 0 Å². The molecular formula is C16H15ClN2O4. The lowest BCUT2D eigenvalue weighted by atomic mass is 10.2. The molecule has 0 saturated carbocycles. The normalized spacial score (nSPS) is 12.0. The van der Waals surface area contributed by atoms with Gasteiger partial charge >= 0.3 is 0 Å². The zero-order chi connectivity index (χ0) is 16.1. The Bertz CT molecular complexity index is 691. The number of pyridine rings is 1. The van der Waals surface area contributed by atoms with Crippen LogP contribution < -0.4 is 19.5 Å². The van der Waals surface area contributed by atoms with Crippen molar-refractivity contribution in [3.05, 3.63) is 47.2 Å². The minimum Gasteiger partial charge on any atom is -0.492 e. The number of ether oxygens (including phenoxy) is 3. The standard InChI is InChI=1S/C16H15ClN2O4/c17-15-4-1-11(9-19-15)7-16(20)18-5-6-21-12-2-3-13-14(8-12)23-10-22-13/h1-4,8-9H,5-7,10H2,(H,18,20). The molecule has 6 nitrogen and oxygen atoms in total. The van der Waals surface area contributed by atoms with E-state index in [4.69, 9.17) is 25.8 Å². The van der Waals surface area contributed by atoms with Crippen molar-refractivity contribution in [1.82, 2.24) is 10.3 Å². The van der Waals surface area contributed by atoms with Crippen molar-refractivity contribution in [2.24, 2.45) is 0 Å². The summed E-state index contributed by atoms with van der Waals surface area (Å²) in [5, 5.41) is 3.20. The molecule has 0 saturated heterocycles. The van der Waals surface area contributed by atoms with Gasteiger partial charge in [0.15, 0.2) is 11.5 Å². The van der Waals surface area contributed by atoms with Crippen LogP contribution >= 0.6 is 11.6 Å². The monoisotopic (exact) mass is 334 g/mol. The fourth-order valence-electron chi connectivity index (χ4n) is 2.08. The Labute approximate surface area is 138 Å². The maximum Gasteiger partial charge on any atom is 0.231 e. The second-order valence-electron chi connectivity index (χ2n) is 4.88. The van der Waals surface area contributed by atoms with Gasteiger partial charge in [-0.15, -0.1) is 0 Å². The molecule has 7 heteroatoms. The van der Waals surface area contributed by atoms with E-state index in [0.29, 0.717) is 35.6 Å². The molecule has 1 aliphatic heterocycles. The molecule has 0 fully saturated rings. The quantitative estimate of drug-likeness (QED) is 0.648. The van der Waals surface area contributed by atoms with Crippen LogP contribution in [-0.2, 0) is 11.2 Å².